The summed E-state index contributed by atoms with van der Waals surface area (Å²) < 4.78 is 22.8. The lowest BCUT2D eigenvalue weighted by molar-refractivity contribution is 0.0945. The molecule has 0 aliphatic carbocycles. The molecule has 0 aromatic heterocycles. The van der Waals surface area contributed by atoms with Gasteiger partial charge in [0.2, 0.25) is 0 Å². The average molecular weight is 464 g/mol. The topological polar surface area (TPSA) is 66.0 Å². The zero-order valence-corrected chi connectivity index (χ0v) is 20.1. The Bertz CT molecular complexity index is 1040. The highest BCUT2D eigenvalue weighted by Gasteiger charge is 2.13. The fourth-order valence-electron chi connectivity index (χ4n) is 3.23. The minimum Gasteiger partial charge on any atom is -0.493 e. The molecule has 0 heterocycles. The van der Waals surface area contributed by atoms with Crippen molar-refractivity contribution in [2.75, 3.05) is 26.9 Å². The van der Waals surface area contributed by atoms with Crippen LogP contribution in [0, 0.1) is 5.92 Å². The molecule has 3 aromatic rings. The van der Waals surface area contributed by atoms with E-state index >= 15 is 0 Å². The lowest BCUT2D eigenvalue weighted by Crippen LogP contribution is -2.24. The van der Waals surface area contributed by atoms with E-state index < -0.39 is 0 Å². The quantitative estimate of drug-likeness (QED) is 0.339. The summed E-state index contributed by atoms with van der Waals surface area (Å²) in [6.45, 7) is 6.02. The predicted molar refractivity (Wildman–Crippen MR) is 133 cm³/mol. The van der Waals surface area contributed by atoms with Crippen molar-refractivity contribution >= 4 is 5.91 Å². The van der Waals surface area contributed by atoms with Crippen molar-refractivity contribution in [3.8, 4) is 23.0 Å². The molecule has 0 fully saturated rings. The number of benzene rings is 3. The molecule has 0 aliphatic rings. The summed E-state index contributed by atoms with van der Waals surface area (Å²) in [7, 11) is 1.61. The summed E-state index contributed by atoms with van der Waals surface area (Å²) >= 11 is 0. The normalized spacial score (nSPS) is 10.6. The van der Waals surface area contributed by atoms with Crippen LogP contribution in [0.3, 0.4) is 0 Å². The van der Waals surface area contributed by atoms with Crippen LogP contribution in [-0.2, 0) is 6.54 Å². The predicted octanol–water partition coefficient (Wildman–Crippen LogP) is 5.51. The molecule has 6 nitrogen and oxygen atoms in total. The Morgan fingerprint density at radius 2 is 1.50 bits per heavy atom. The highest BCUT2D eigenvalue weighted by Crippen LogP contribution is 2.28. The summed E-state index contributed by atoms with van der Waals surface area (Å²) in [5, 5.41) is 2.95. The van der Waals surface area contributed by atoms with Crippen LogP contribution in [0.4, 0.5) is 0 Å². The zero-order valence-electron chi connectivity index (χ0n) is 20.1. The molecule has 0 unspecified atom stereocenters. The van der Waals surface area contributed by atoms with Crippen molar-refractivity contribution in [2.24, 2.45) is 5.92 Å². The molecule has 3 rings (SSSR count). The number of nitrogens with one attached hydrogen (secondary N) is 1. The maximum Gasteiger partial charge on any atom is 0.255 e. The second kappa shape index (κ2) is 13.1. The van der Waals surface area contributed by atoms with Gasteiger partial charge in [-0.05, 0) is 54.3 Å². The van der Waals surface area contributed by atoms with Crippen molar-refractivity contribution in [3.63, 3.8) is 0 Å². The highest BCUT2D eigenvalue weighted by molar-refractivity contribution is 5.96. The molecule has 1 N–H and O–H groups in total. The van der Waals surface area contributed by atoms with Crippen LogP contribution in [0.2, 0.25) is 0 Å². The number of amides is 1. The van der Waals surface area contributed by atoms with Crippen LogP contribution in [0.1, 0.15) is 36.2 Å². The number of hydrogen-bond donors (Lipinski definition) is 1. The molecule has 3 aromatic carbocycles. The Morgan fingerprint density at radius 3 is 2.26 bits per heavy atom. The maximum atomic E-state index is 12.8. The van der Waals surface area contributed by atoms with Gasteiger partial charge in [0.1, 0.15) is 24.7 Å². The second-order valence-corrected chi connectivity index (χ2v) is 8.21. The highest BCUT2D eigenvalue weighted by atomic mass is 16.5. The maximum absolute atomic E-state index is 12.8. The van der Waals surface area contributed by atoms with E-state index in [9.17, 15) is 4.79 Å². The van der Waals surface area contributed by atoms with Crippen molar-refractivity contribution < 1.29 is 23.7 Å². The molecule has 34 heavy (non-hydrogen) atoms. The van der Waals surface area contributed by atoms with Crippen LogP contribution in [0.15, 0.2) is 72.8 Å². The van der Waals surface area contributed by atoms with E-state index in [1.165, 1.54) is 0 Å². The summed E-state index contributed by atoms with van der Waals surface area (Å²) in [5.41, 5.74) is 1.39. The van der Waals surface area contributed by atoms with Gasteiger partial charge in [0.05, 0.1) is 19.3 Å². The number of rotatable bonds is 13. The van der Waals surface area contributed by atoms with E-state index in [0.717, 1.165) is 17.7 Å². The van der Waals surface area contributed by atoms with E-state index in [1.54, 1.807) is 19.2 Å². The zero-order chi connectivity index (χ0) is 24.2. The monoisotopic (exact) mass is 463 g/mol. The van der Waals surface area contributed by atoms with E-state index in [-0.39, 0.29) is 5.91 Å². The van der Waals surface area contributed by atoms with Crippen LogP contribution in [-0.4, -0.2) is 32.8 Å². The van der Waals surface area contributed by atoms with E-state index in [0.29, 0.717) is 55.1 Å². The molecule has 180 valence electrons. The standard InChI is InChI=1S/C28H33NO5/c1-21(2)15-16-33-26-14-13-22(19-27(26)31-3)20-29-28(30)24-11-7-8-12-25(24)34-18-17-32-23-9-5-4-6-10-23/h4-14,19,21H,15-18,20H2,1-3H3,(H,29,30). The fourth-order valence-corrected chi connectivity index (χ4v) is 3.23. The Morgan fingerprint density at radius 1 is 0.794 bits per heavy atom. The van der Waals surface area contributed by atoms with Gasteiger partial charge >= 0.3 is 0 Å². The van der Waals surface area contributed by atoms with Gasteiger partial charge in [-0.1, -0.05) is 50.2 Å². The third-order valence-corrected chi connectivity index (χ3v) is 5.12. The van der Waals surface area contributed by atoms with Gasteiger partial charge < -0.3 is 24.3 Å². The summed E-state index contributed by atoms with van der Waals surface area (Å²) in [6.07, 6.45) is 0.973. The van der Waals surface area contributed by atoms with Gasteiger partial charge in [-0.3, -0.25) is 4.79 Å². The summed E-state index contributed by atoms with van der Waals surface area (Å²) in [4.78, 5) is 12.8. The molecule has 0 bridgehead atoms. The first kappa shape index (κ1) is 25.0. The minimum atomic E-state index is -0.212. The molecule has 0 atom stereocenters. The third kappa shape index (κ3) is 7.73. The first-order chi connectivity index (χ1) is 16.6. The Labute approximate surface area is 201 Å². The van der Waals surface area contributed by atoms with Gasteiger partial charge in [0.15, 0.2) is 11.5 Å². The van der Waals surface area contributed by atoms with E-state index in [2.05, 4.69) is 19.2 Å². The summed E-state index contributed by atoms with van der Waals surface area (Å²) in [5.74, 6) is 3.01. The molecular weight excluding hydrogens is 430 g/mol. The average Bonchev–Trinajstić information content (AvgIpc) is 2.86. The SMILES string of the molecule is COc1cc(CNC(=O)c2ccccc2OCCOc2ccccc2)ccc1OCCC(C)C. The lowest BCUT2D eigenvalue weighted by atomic mass is 10.1. The largest absolute Gasteiger partial charge is 0.493 e. The molecule has 1 amide bonds. The number of carbonyl (C=O) groups excluding carboxylic acids is 1. The van der Waals surface area contributed by atoms with Crippen LogP contribution < -0.4 is 24.3 Å². The van der Waals surface area contributed by atoms with Gasteiger partial charge in [0, 0.05) is 6.54 Å². The first-order valence-electron chi connectivity index (χ1n) is 11.5. The molecule has 0 radical (unpaired) electrons. The number of hydrogen-bond acceptors (Lipinski definition) is 5. The van der Waals surface area contributed by atoms with Gasteiger partial charge in [-0.15, -0.1) is 0 Å². The molecule has 0 saturated carbocycles. The van der Waals surface area contributed by atoms with E-state index in [4.69, 9.17) is 18.9 Å². The molecule has 6 heteroatoms. The Balaban J connectivity index is 1.53. The molecule has 0 saturated heterocycles. The number of carbonyl (C=O) groups is 1. The molecule has 0 spiro atoms. The second-order valence-electron chi connectivity index (χ2n) is 8.21. The fraction of sp³-hybridized carbons (Fsp3) is 0.321. The van der Waals surface area contributed by atoms with Crippen molar-refractivity contribution in [2.45, 2.75) is 26.8 Å². The van der Waals surface area contributed by atoms with Gasteiger partial charge in [-0.2, -0.15) is 0 Å². The summed E-state index contributed by atoms with van der Waals surface area (Å²) in [6, 6.07) is 22.4. The Hall–Kier alpha value is -3.67. The molecular formula is C28H33NO5. The lowest BCUT2D eigenvalue weighted by Gasteiger charge is -2.14. The van der Waals surface area contributed by atoms with Crippen molar-refractivity contribution in [1.29, 1.82) is 0 Å². The smallest absolute Gasteiger partial charge is 0.255 e. The Kier molecular flexibility index (Phi) is 9.65. The van der Waals surface area contributed by atoms with Crippen LogP contribution in [0.5, 0.6) is 23.0 Å². The van der Waals surface area contributed by atoms with Crippen molar-refractivity contribution in [1.82, 2.24) is 5.32 Å². The minimum absolute atomic E-state index is 0.212. The van der Waals surface area contributed by atoms with Crippen LogP contribution in [0.25, 0.3) is 0 Å². The van der Waals surface area contributed by atoms with Crippen molar-refractivity contribution in [3.05, 3.63) is 83.9 Å². The van der Waals surface area contributed by atoms with Crippen LogP contribution >= 0.6 is 0 Å². The third-order valence-electron chi connectivity index (χ3n) is 5.12. The van der Waals surface area contributed by atoms with Gasteiger partial charge in [0.25, 0.3) is 5.91 Å². The molecule has 0 aliphatic heterocycles. The number of para-hydroxylation sites is 2. The first-order valence-corrected chi connectivity index (χ1v) is 11.5. The van der Waals surface area contributed by atoms with E-state index in [1.807, 2.05) is 60.7 Å². The van der Waals surface area contributed by atoms with Gasteiger partial charge in [-0.25, -0.2) is 0 Å². The number of methoxy groups -OCH3 is 1. The number of ether oxygens (including phenoxy) is 4.